The molecule has 0 saturated carbocycles. The number of benzene rings is 1. The van der Waals surface area contributed by atoms with E-state index in [9.17, 15) is 4.79 Å². The number of rotatable bonds is 8. The molecule has 0 spiro atoms. The van der Waals surface area contributed by atoms with Crippen molar-refractivity contribution in [2.75, 3.05) is 24.2 Å². The van der Waals surface area contributed by atoms with Gasteiger partial charge in [-0.25, -0.2) is 9.97 Å². The Labute approximate surface area is 183 Å². The number of carboxylic acid groups (broad SMARTS) is 1. The number of carbonyl (C=O) groups is 1. The van der Waals surface area contributed by atoms with Crippen molar-refractivity contribution in [2.24, 2.45) is 0 Å². The number of ether oxygens (including phenoxy) is 1. The summed E-state index contributed by atoms with van der Waals surface area (Å²) in [4.78, 5) is 21.9. The van der Waals surface area contributed by atoms with Crippen LogP contribution in [0.5, 0.6) is 5.75 Å². The van der Waals surface area contributed by atoms with E-state index in [1.807, 2.05) is 6.92 Å². The third kappa shape index (κ3) is 4.30. The molecule has 1 aliphatic carbocycles. The largest absolute Gasteiger partial charge is 0.492 e. The maximum absolute atomic E-state index is 10.9. The molecule has 6 N–H and O–H groups in total. The van der Waals surface area contributed by atoms with Crippen molar-refractivity contribution in [2.45, 2.75) is 32.2 Å². The molecule has 1 aliphatic rings. The second-order valence-corrected chi connectivity index (χ2v) is 8.38. The molecule has 31 heavy (non-hydrogen) atoms. The van der Waals surface area contributed by atoms with Crippen LogP contribution in [0.4, 0.5) is 17.2 Å². The third-order valence-electron chi connectivity index (χ3n) is 5.28. The Bertz CT molecular complexity index is 1150. The SMILES string of the molecule is CCOc1cc(N)c(C=N)cc1Nc1ncnc2sc3c(c12)CCC(NCC(=O)O)C3. The fourth-order valence-electron chi connectivity index (χ4n) is 3.85. The Morgan fingerprint density at radius 1 is 1.45 bits per heavy atom. The lowest BCUT2D eigenvalue weighted by Crippen LogP contribution is -2.37. The van der Waals surface area contributed by atoms with Crippen molar-refractivity contribution in [1.82, 2.24) is 15.3 Å². The molecule has 0 radical (unpaired) electrons. The predicted octanol–water partition coefficient (Wildman–Crippen LogP) is 2.94. The van der Waals surface area contributed by atoms with Crippen LogP contribution in [-0.2, 0) is 17.6 Å². The topological polar surface area (TPSA) is 146 Å². The number of aryl methyl sites for hydroxylation is 1. The molecule has 9 nitrogen and oxygen atoms in total. The lowest BCUT2D eigenvalue weighted by molar-refractivity contribution is -0.136. The molecule has 0 bridgehead atoms. The normalized spacial score (nSPS) is 15.5. The minimum atomic E-state index is -0.850. The van der Waals surface area contributed by atoms with Crippen LogP contribution in [-0.4, -0.2) is 46.5 Å². The molecule has 1 atom stereocenters. The molecule has 1 aromatic carbocycles. The number of nitrogens with one attached hydrogen (secondary N) is 3. The molecule has 1 unspecified atom stereocenters. The highest BCUT2D eigenvalue weighted by molar-refractivity contribution is 7.19. The number of anilines is 3. The standard InChI is InChI=1S/C21H24N6O3S/c1-2-30-16-7-14(23)11(8-22)5-15(16)27-20-19-13-4-3-12(24-9-18(28)29)6-17(13)31-21(19)26-10-25-20/h5,7-8,10,12,22,24H,2-4,6,9,23H2,1H3,(H,28,29)(H,25,26,27). The van der Waals surface area contributed by atoms with Crippen LogP contribution in [0, 0.1) is 5.41 Å². The Balaban J connectivity index is 1.69. The van der Waals surface area contributed by atoms with Crippen LogP contribution < -0.4 is 21.1 Å². The summed E-state index contributed by atoms with van der Waals surface area (Å²) < 4.78 is 5.74. The number of nitrogens with zero attached hydrogens (tertiary/aromatic N) is 2. The molecule has 10 heteroatoms. The fourth-order valence-corrected chi connectivity index (χ4v) is 5.12. The Hall–Kier alpha value is -3.24. The second-order valence-electron chi connectivity index (χ2n) is 7.30. The first-order valence-corrected chi connectivity index (χ1v) is 10.9. The highest BCUT2D eigenvalue weighted by Gasteiger charge is 2.25. The first-order chi connectivity index (χ1) is 15.0. The quantitative estimate of drug-likeness (QED) is 0.265. The van der Waals surface area contributed by atoms with E-state index in [4.69, 9.17) is 21.0 Å². The maximum Gasteiger partial charge on any atom is 0.317 e. The van der Waals surface area contributed by atoms with Crippen molar-refractivity contribution in [1.29, 1.82) is 5.41 Å². The van der Waals surface area contributed by atoms with E-state index in [-0.39, 0.29) is 12.6 Å². The van der Waals surface area contributed by atoms with E-state index in [0.29, 0.717) is 35.1 Å². The third-order valence-corrected chi connectivity index (χ3v) is 6.44. The number of fused-ring (bicyclic) bond motifs is 3. The van der Waals surface area contributed by atoms with E-state index < -0.39 is 5.97 Å². The molecule has 0 aliphatic heterocycles. The lowest BCUT2D eigenvalue weighted by atomic mass is 9.93. The molecule has 162 valence electrons. The smallest absolute Gasteiger partial charge is 0.317 e. The zero-order valence-electron chi connectivity index (χ0n) is 17.1. The summed E-state index contributed by atoms with van der Waals surface area (Å²) in [7, 11) is 0. The number of thiophene rings is 1. The summed E-state index contributed by atoms with van der Waals surface area (Å²) in [6.07, 6.45) is 5.18. The van der Waals surface area contributed by atoms with Gasteiger partial charge in [-0.05, 0) is 37.8 Å². The van der Waals surface area contributed by atoms with Crippen molar-refractivity contribution < 1.29 is 14.6 Å². The van der Waals surface area contributed by atoms with Crippen LogP contribution in [0.25, 0.3) is 10.2 Å². The number of aliphatic carboxylic acids is 1. The van der Waals surface area contributed by atoms with Gasteiger partial charge in [0.2, 0.25) is 0 Å². The van der Waals surface area contributed by atoms with E-state index in [1.54, 1.807) is 23.5 Å². The van der Waals surface area contributed by atoms with Crippen molar-refractivity contribution in [3.05, 3.63) is 34.5 Å². The van der Waals surface area contributed by atoms with Gasteiger partial charge < -0.3 is 31.6 Å². The summed E-state index contributed by atoms with van der Waals surface area (Å²) in [6, 6.07) is 3.64. The van der Waals surface area contributed by atoms with Crippen LogP contribution in [0.2, 0.25) is 0 Å². The molecular formula is C21H24N6O3S. The van der Waals surface area contributed by atoms with Crippen molar-refractivity contribution in [3.63, 3.8) is 0 Å². The highest BCUT2D eigenvalue weighted by atomic mass is 32.1. The zero-order valence-corrected chi connectivity index (χ0v) is 17.9. The maximum atomic E-state index is 10.9. The first kappa shape index (κ1) is 21.0. The van der Waals surface area contributed by atoms with Gasteiger partial charge in [0.25, 0.3) is 0 Å². The predicted molar refractivity (Wildman–Crippen MR) is 122 cm³/mol. The van der Waals surface area contributed by atoms with Gasteiger partial charge in [0.15, 0.2) is 0 Å². The summed E-state index contributed by atoms with van der Waals surface area (Å²) in [5, 5.41) is 24.0. The van der Waals surface area contributed by atoms with Gasteiger partial charge >= 0.3 is 5.97 Å². The van der Waals surface area contributed by atoms with Crippen LogP contribution in [0.15, 0.2) is 18.5 Å². The number of nitrogen functional groups attached to an aromatic ring is 1. The van der Waals surface area contributed by atoms with Gasteiger partial charge in [0.1, 0.15) is 22.7 Å². The van der Waals surface area contributed by atoms with E-state index >= 15 is 0 Å². The first-order valence-electron chi connectivity index (χ1n) is 10.0. The Morgan fingerprint density at radius 2 is 2.29 bits per heavy atom. The van der Waals surface area contributed by atoms with E-state index in [2.05, 4.69) is 20.6 Å². The molecule has 2 heterocycles. The Morgan fingerprint density at radius 3 is 3.03 bits per heavy atom. The highest BCUT2D eigenvalue weighted by Crippen LogP contribution is 2.40. The van der Waals surface area contributed by atoms with E-state index in [1.165, 1.54) is 23.0 Å². The number of aromatic nitrogens is 2. The van der Waals surface area contributed by atoms with Crippen LogP contribution in [0.1, 0.15) is 29.3 Å². The average Bonchev–Trinajstić information content (AvgIpc) is 3.12. The molecule has 0 amide bonds. The second kappa shape index (κ2) is 8.86. The minimum absolute atomic E-state index is 0.0375. The molecule has 2 aromatic heterocycles. The van der Waals surface area contributed by atoms with Crippen LogP contribution >= 0.6 is 11.3 Å². The van der Waals surface area contributed by atoms with Gasteiger partial charge in [0, 0.05) is 34.5 Å². The summed E-state index contributed by atoms with van der Waals surface area (Å²) in [6.45, 7) is 2.34. The van der Waals surface area contributed by atoms with Crippen molar-refractivity contribution in [3.8, 4) is 5.75 Å². The number of hydrogen-bond acceptors (Lipinski definition) is 9. The molecule has 3 aromatic rings. The molecule has 0 saturated heterocycles. The van der Waals surface area contributed by atoms with Gasteiger partial charge in [-0.2, -0.15) is 0 Å². The van der Waals surface area contributed by atoms with Gasteiger partial charge in [-0.3, -0.25) is 4.79 Å². The number of hydrogen-bond donors (Lipinski definition) is 5. The summed E-state index contributed by atoms with van der Waals surface area (Å²) >= 11 is 1.62. The van der Waals surface area contributed by atoms with E-state index in [0.717, 1.165) is 29.5 Å². The van der Waals surface area contributed by atoms with Crippen LogP contribution in [0.3, 0.4) is 0 Å². The molecular weight excluding hydrogens is 416 g/mol. The fraction of sp³-hybridized carbons (Fsp3) is 0.333. The Kier molecular flexibility index (Phi) is 6.01. The zero-order chi connectivity index (χ0) is 22.0. The minimum Gasteiger partial charge on any atom is -0.492 e. The molecule has 0 fully saturated rings. The number of nitrogens with two attached hydrogens (primary N) is 1. The average molecular weight is 441 g/mol. The van der Waals surface area contributed by atoms with Gasteiger partial charge in [-0.1, -0.05) is 0 Å². The summed E-state index contributed by atoms with van der Waals surface area (Å²) in [5.74, 6) is 0.429. The molecule has 4 rings (SSSR count). The van der Waals surface area contributed by atoms with Crippen molar-refractivity contribution >= 4 is 50.9 Å². The lowest BCUT2D eigenvalue weighted by Gasteiger charge is -2.23. The van der Waals surface area contributed by atoms with Gasteiger partial charge in [0.05, 0.1) is 24.2 Å². The van der Waals surface area contributed by atoms with Gasteiger partial charge in [-0.15, -0.1) is 11.3 Å². The monoisotopic (exact) mass is 440 g/mol. The summed E-state index contributed by atoms with van der Waals surface area (Å²) in [5.41, 5.74) is 8.98. The number of carboxylic acids is 1.